The lowest BCUT2D eigenvalue weighted by atomic mass is 9.93. The van der Waals surface area contributed by atoms with Gasteiger partial charge in [-0.25, -0.2) is 0 Å². The number of hydrogen-bond acceptors (Lipinski definition) is 2. The molecule has 0 amide bonds. The Balaban J connectivity index is 2.74. The Morgan fingerprint density at radius 3 is 2.28 bits per heavy atom. The lowest BCUT2D eigenvalue weighted by Crippen LogP contribution is -2.44. The maximum absolute atomic E-state index is 11.4. The van der Waals surface area contributed by atoms with Crippen LogP contribution in [0.4, 0.5) is 0 Å². The van der Waals surface area contributed by atoms with E-state index in [1.165, 1.54) is 0 Å². The summed E-state index contributed by atoms with van der Waals surface area (Å²) in [5, 5.41) is 12.7. The number of hydrogen-bond donors (Lipinski definition) is 2. The minimum absolute atomic E-state index is 0.0163. The van der Waals surface area contributed by atoms with E-state index in [9.17, 15) is 9.90 Å². The van der Waals surface area contributed by atoms with Crippen LogP contribution in [0.25, 0.3) is 0 Å². The molecule has 0 spiro atoms. The van der Waals surface area contributed by atoms with Crippen LogP contribution in [0, 0.1) is 0 Å². The van der Waals surface area contributed by atoms with Gasteiger partial charge in [0.05, 0.1) is 5.92 Å². The summed E-state index contributed by atoms with van der Waals surface area (Å²) >= 11 is 0. The molecular weight excluding hydrogens is 226 g/mol. The van der Waals surface area contributed by atoms with Gasteiger partial charge in [0.2, 0.25) is 0 Å². The Hall–Kier alpha value is -1.35. The van der Waals surface area contributed by atoms with Crippen molar-refractivity contribution in [3.63, 3.8) is 0 Å². The predicted molar refractivity (Wildman–Crippen MR) is 73.8 cm³/mol. The summed E-state index contributed by atoms with van der Waals surface area (Å²) in [7, 11) is 0. The highest BCUT2D eigenvalue weighted by Crippen LogP contribution is 2.19. The molecule has 0 heterocycles. The first kappa shape index (κ1) is 14.7. The van der Waals surface area contributed by atoms with Crippen molar-refractivity contribution >= 4 is 5.97 Å². The molecule has 3 heteroatoms. The predicted octanol–water partition coefficient (Wildman–Crippen LogP) is 3.02. The zero-order chi connectivity index (χ0) is 13.6. The molecule has 0 aliphatic rings. The van der Waals surface area contributed by atoms with Gasteiger partial charge in [-0.3, -0.25) is 4.79 Å². The second-order valence-corrected chi connectivity index (χ2v) is 4.95. The van der Waals surface area contributed by atoms with Crippen LogP contribution in [0.3, 0.4) is 0 Å². The highest BCUT2D eigenvalue weighted by molar-refractivity contribution is 5.76. The number of benzene rings is 1. The number of carbonyl (C=O) groups is 1. The van der Waals surface area contributed by atoms with Crippen molar-refractivity contribution < 1.29 is 9.90 Å². The zero-order valence-corrected chi connectivity index (χ0v) is 11.4. The second kappa shape index (κ2) is 6.55. The van der Waals surface area contributed by atoms with Crippen molar-refractivity contribution in [2.45, 2.75) is 45.1 Å². The largest absolute Gasteiger partial charge is 0.481 e. The summed E-state index contributed by atoms with van der Waals surface area (Å²) in [5.41, 5.74) is 0.870. The SMILES string of the molecule is CCC(C)(CC)NCC(C(=O)O)c1ccccc1. The topological polar surface area (TPSA) is 49.3 Å². The van der Waals surface area contributed by atoms with E-state index in [1.54, 1.807) is 0 Å². The Morgan fingerprint density at radius 1 is 1.28 bits per heavy atom. The third kappa shape index (κ3) is 3.84. The molecule has 3 nitrogen and oxygen atoms in total. The molecule has 100 valence electrons. The maximum Gasteiger partial charge on any atom is 0.312 e. The van der Waals surface area contributed by atoms with Crippen molar-refractivity contribution in [2.75, 3.05) is 6.54 Å². The highest BCUT2D eigenvalue weighted by atomic mass is 16.4. The first-order valence-corrected chi connectivity index (χ1v) is 6.55. The molecule has 0 saturated carbocycles. The van der Waals surface area contributed by atoms with Crippen LogP contribution in [-0.4, -0.2) is 23.2 Å². The molecule has 18 heavy (non-hydrogen) atoms. The monoisotopic (exact) mass is 249 g/mol. The molecule has 0 radical (unpaired) electrons. The molecule has 1 atom stereocenters. The fourth-order valence-corrected chi connectivity index (χ4v) is 1.88. The van der Waals surface area contributed by atoms with E-state index in [1.807, 2.05) is 30.3 Å². The van der Waals surface area contributed by atoms with E-state index in [-0.39, 0.29) is 5.54 Å². The molecule has 0 saturated heterocycles. The van der Waals surface area contributed by atoms with E-state index >= 15 is 0 Å². The summed E-state index contributed by atoms with van der Waals surface area (Å²) in [5.74, 6) is -1.26. The number of carboxylic acid groups (broad SMARTS) is 1. The van der Waals surface area contributed by atoms with Crippen molar-refractivity contribution in [1.82, 2.24) is 5.32 Å². The number of aliphatic carboxylic acids is 1. The summed E-state index contributed by atoms with van der Waals surface area (Å²) in [6.07, 6.45) is 1.98. The van der Waals surface area contributed by atoms with Crippen LogP contribution in [0.1, 0.15) is 45.1 Å². The van der Waals surface area contributed by atoms with E-state index in [2.05, 4.69) is 26.1 Å². The fraction of sp³-hybridized carbons (Fsp3) is 0.533. The van der Waals surface area contributed by atoms with Crippen molar-refractivity contribution in [2.24, 2.45) is 0 Å². The van der Waals surface area contributed by atoms with Gasteiger partial charge in [-0.1, -0.05) is 44.2 Å². The Kier molecular flexibility index (Phi) is 5.35. The molecule has 0 aliphatic heterocycles. The van der Waals surface area contributed by atoms with Crippen LogP contribution in [0.2, 0.25) is 0 Å². The first-order valence-electron chi connectivity index (χ1n) is 6.55. The van der Waals surface area contributed by atoms with Gasteiger partial charge in [0, 0.05) is 12.1 Å². The molecule has 1 unspecified atom stereocenters. The molecule has 2 N–H and O–H groups in total. The minimum Gasteiger partial charge on any atom is -0.481 e. The zero-order valence-electron chi connectivity index (χ0n) is 11.4. The van der Waals surface area contributed by atoms with Crippen LogP contribution in [0.5, 0.6) is 0 Å². The molecule has 0 bridgehead atoms. The van der Waals surface area contributed by atoms with Gasteiger partial charge in [0.25, 0.3) is 0 Å². The van der Waals surface area contributed by atoms with E-state index < -0.39 is 11.9 Å². The lowest BCUT2D eigenvalue weighted by molar-refractivity contribution is -0.138. The average molecular weight is 249 g/mol. The van der Waals surface area contributed by atoms with Gasteiger partial charge in [-0.15, -0.1) is 0 Å². The summed E-state index contributed by atoms with van der Waals surface area (Å²) < 4.78 is 0. The second-order valence-electron chi connectivity index (χ2n) is 4.95. The van der Waals surface area contributed by atoms with Crippen molar-refractivity contribution in [3.8, 4) is 0 Å². The third-order valence-corrected chi connectivity index (χ3v) is 3.79. The van der Waals surface area contributed by atoms with E-state index in [0.29, 0.717) is 6.54 Å². The standard InChI is InChI=1S/C15H23NO2/c1-4-15(3,5-2)16-11-13(14(17)18)12-9-7-6-8-10-12/h6-10,13,16H,4-5,11H2,1-3H3,(H,17,18). The molecule has 1 aromatic rings. The molecular formula is C15H23NO2. The highest BCUT2D eigenvalue weighted by Gasteiger charge is 2.24. The smallest absolute Gasteiger partial charge is 0.312 e. The van der Waals surface area contributed by atoms with Gasteiger partial charge >= 0.3 is 5.97 Å². The lowest BCUT2D eigenvalue weighted by Gasteiger charge is -2.30. The summed E-state index contributed by atoms with van der Waals surface area (Å²) in [6.45, 7) is 6.85. The summed E-state index contributed by atoms with van der Waals surface area (Å²) in [4.78, 5) is 11.4. The molecule has 1 aromatic carbocycles. The van der Waals surface area contributed by atoms with Crippen LogP contribution in [-0.2, 0) is 4.79 Å². The van der Waals surface area contributed by atoms with Crippen molar-refractivity contribution in [1.29, 1.82) is 0 Å². The average Bonchev–Trinajstić information content (AvgIpc) is 2.39. The Labute approximate surface area is 109 Å². The van der Waals surface area contributed by atoms with Crippen LogP contribution in [0.15, 0.2) is 30.3 Å². The minimum atomic E-state index is -0.775. The third-order valence-electron chi connectivity index (χ3n) is 3.79. The fourth-order valence-electron chi connectivity index (χ4n) is 1.88. The molecule has 1 rings (SSSR count). The van der Waals surface area contributed by atoms with E-state index in [4.69, 9.17) is 0 Å². The van der Waals surface area contributed by atoms with Crippen LogP contribution >= 0.6 is 0 Å². The van der Waals surface area contributed by atoms with Crippen molar-refractivity contribution in [3.05, 3.63) is 35.9 Å². The Bertz CT molecular complexity index is 371. The van der Waals surface area contributed by atoms with Gasteiger partial charge in [-0.2, -0.15) is 0 Å². The van der Waals surface area contributed by atoms with Crippen LogP contribution < -0.4 is 5.32 Å². The number of nitrogens with one attached hydrogen (secondary N) is 1. The summed E-state index contributed by atoms with van der Waals surface area (Å²) in [6, 6.07) is 9.40. The normalized spacial score (nSPS) is 13.3. The Morgan fingerprint density at radius 2 is 1.83 bits per heavy atom. The molecule has 0 aliphatic carbocycles. The number of carboxylic acids is 1. The molecule has 0 fully saturated rings. The quantitative estimate of drug-likeness (QED) is 0.781. The van der Waals surface area contributed by atoms with Gasteiger partial charge in [0.1, 0.15) is 0 Å². The molecule has 0 aromatic heterocycles. The van der Waals surface area contributed by atoms with Gasteiger partial charge < -0.3 is 10.4 Å². The first-order chi connectivity index (χ1) is 8.52. The number of rotatable bonds is 7. The maximum atomic E-state index is 11.4. The van der Waals surface area contributed by atoms with Gasteiger partial charge in [0.15, 0.2) is 0 Å². The van der Waals surface area contributed by atoms with Gasteiger partial charge in [-0.05, 0) is 25.3 Å². The van der Waals surface area contributed by atoms with E-state index in [0.717, 1.165) is 18.4 Å².